The highest BCUT2D eigenvalue weighted by atomic mass is 16.5. The van der Waals surface area contributed by atoms with Gasteiger partial charge in [-0.15, -0.1) is 0 Å². The van der Waals surface area contributed by atoms with Gasteiger partial charge in [-0.2, -0.15) is 0 Å². The molecule has 0 spiro atoms. The number of hydrogen-bond donors (Lipinski definition) is 2. The van der Waals surface area contributed by atoms with Crippen LogP contribution in [0.15, 0.2) is 18.5 Å². The standard InChI is InChI=1S/C12H17N3O3/c16-11(17)10(9-2-6-18-7-3-9)8-15-12-13-4-1-5-14-12/h1,4-5,9-10H,2-3,6-8H2,(H,16,17)(H,13,14,15). The maximum Gasteiger partial charge on any atom is 0.308 e. The third-order valence-electron chi connectivity index (χ3n) is 3.20. The lowest BCUT2D eigenvalue weighted by molar-refractivity contribution is -0.144. The first-order valence-electron chi connectivity index (χ1n) is 6.09. The van der Waals surface area contributed by atoms with Crippen molar-refractivity contribution in [3.05, 3.63) is 18.5 Å². The number of carboxylic acid groups (broad SMARTS) is 1. The van der Waals surface area contributed by atoms with Crippen LogP contribution in [0.25, 0.3) is 0 Å². The van der Waals surface area contributed by atoms with Gasteiger partial charge in [0.25, 0.3) is 0 Å². The molecule has 18 heavy (non-hydrogen) atoms. The SMILES string of the molecule is O=C(O)C(CNc1ncccn1)C1CCOCC1. The van der Waals surface area contributed by atoms with Crippen LogP contribution in [-0.2, 0) is 9.53 Å². The van der Waals surface area contributed by atoms with E-state index in [4.69, 9.17) is 4.74 Å². The second-order valence-corrected chi connectivity index (χ2v) is 4.35. The van der Waals surface area contributed by atoms with E-state index in [0.717, 1.165) is 12.8 Å². The minimum absolute atomic E-state index is 0.160. The Kier molecular flexibility index (Phi) is 4.46. The second kappa shape index (κ2) is 6.30. The number of carboxylic acids is 1. The largest absolute Gasteiger partial charge is 0.481 e. The number of aliphatic carboxylic acids is 1. The predicted octanol–water partition coefficient (Wildman–Crippen LogP) is 1.02. The van der Waals surface area contributed by atoms with Gasteiger partial charge in [-0.25, -0.2) is 9.97 Å². The summed E-state index contributed by atoms with van der Waals surface area (Å²) in [5, 5.41) is 12.3. The van der Waals surface area contributed by atoms with Crippen molar-refractivity contribution in [2.24, 2.45) is 11.8 Å². The fourth-order valence-electron chi connectivity index (χ4n) is 2.17. The lowest BCUT2D eigenvalue weighted by Gasteiger charge is -2.27. The normalized spacial score (nSPS) is 18.2. The molecule has 0 bridgehead atoms. The van der Waals surface area contributed by atoms with E-state index in [1.165, 1.54) is 0 Å². The maximum absolute atomic E-state index is 11.3. The second-order valence-electron chi connectivity index (χ2n) is 4.35. The quantitative estimate of drug-likeness (QED) is 0.812. The van der Waals surface area contributed by atoms with Crippen molar-refractivity contribution in [3.8, 4) is 0 Å². The van der Waals surface area contributed by atoms with Crippen LogP contribution in [0.1, 0.15) is 12.8 Å². The van der Waals surface area contributed by atoms with E-state index in [9.17, 15) is 9.90 Å². The summed E-state index contributed by atoms with van der Waals surface area (Å²) in [4.78, 5) is 19.3. The van der Waals surface area contributed by atoms with E-state index in [0.29, 0.717) is 25.7 Å². The van der Waals surface area contributed by atoms with Crippen LogP contribution in [0.4, 0.5) is 5.95 Å². The molecule has 0 radical (unpaired) electrons. The topological polar surface area (TPSA) is 84.3 Å². The Morgan fingerprint density at radius 2 is 2.11 bits per heavy atom. The van der Waals surface area contributed by atoms with Gasteiger partial charge in [0.15, 0.2) is 0 Å². The van der Waals surface area contributed by atoms with Crippen molar-refractivity contribution in [1.29, 1.82) is 0 Å². The Balaban J connectivity index is 1.92. The van der Waals surface area contributed by atoms with Crippen LogP contribution in [0.2, 0.25) is 0 Å². The van der Waals surface area contributed by atoms with Crippen LogP contribution in [0.5, 0.6) is 0 Å². The molecule has 2 N–H and O–H groups in total. The molecule has 6 heteroatoms. The molecule has 2 heterocycles. The van der Waals surface area contributed by atoms with Crippen LogP contribution in [0, 0.1) is 11.8 Å². The van der Waals surface area contributed by atoms with Crippen molar-refractivity contribution < 1.29 is 14.6 Å². The summed E-state index contributed by atoms with van der Waals surface area (Å²) in [6.07, 6.45) is 4.85. The van der Waals surface area contributed by atoms with E-state index in [-0.39, 0.29) is 5.92 Å². The molecule has 0 saturated carbocycles. The molecule has 1 unspecified atom stereocenters. The van der Waals surface area contributed by atoms with Gasteiger partial charge < -0.3 is 15.2 Å². The number of hydrogen-bond acceptors (Lipinski definition) is 5. The zero-order valence-corrected chi connectivity index (χ0v) is 10.1. The van der Waals surface area contributed by atoms with Crippen molar-refractivity contribution in [3.63, 3.8) is 0 Å². The summed E-state index contributed by atoms with van der Waals surface area (Å²) in [7, 11) is 0. The van der Waals surface area contributed by atoms with Crippen LogP contribution < -0.4 is 5.32 Å². The fraction of sp³-hybridized carbons (Fsp3) is 0.583. The monoisotopic (exact) mass is 251 g/mol. The average molecular weight is 251 g/mol. The lowest BCUT2D eigenvalue weighted by Crippen LogP contribution is -2.34. The number of nitrogens with one attached hydrogen (secondary N) is 1. The number of anilines is 1. The van der Waals surface area contributed by atoms with Crippen molar-refractivity contribution in [1.82, 2.24) is 9.97 Å². The van der Waals surface area contributed by atoms with Crippen LogP contribution in [0.3, 0.4) is 0 Å². The molecule has 1 aliphatic heterocycles. The van der Waals surface area contributed by atoms with Gasteiger partial charge in [0, 0.05) is 32.2 Å². The number of rotatable bonds is 5. The first kappa shape index (κ1) is 12.8. The molecule has 1 atom stereocenters. The van der Waals surface area contributed by atoms with Gasteiger partial charge in [0.05, 0.1) is 5.92 Å². The molecule has 0 aliphatic carbocycles. The average Bonchev–Trinajstić information content (AvgIpc) is 2.41. The van der Waals surface area contributed by atoms with E-state index in [1.807, 2.05) is 0 Å². The zero-order chi connectivity index (χ0) is 12.8. The van der Waals surface area contributed by atoms with Crippen LogP contribution in [-0.4, -0.2) is 40.8 Å². The minimum atomic E-state index is -0.773. The Bertz CT molecular complexity index is 379. The molecule has 1 aromatic heterocycles. The van der Waals surface area contributed by atoms with E-state index in [2.05, 4.69) is 15.3 Å². The highest BCUT2D eigenvalue weighted by molar-refractivity contribution is 5.71. The summed E-state index contributed by atoms with van der Waals surface area (Å²) in [6, 6.07) is 1.72. The minimum Gasteiger partial charge on any atom is -0.481 e. The molecule has 2 rings (SSSR count). The van der Waals surface area contributed by atoms with Crippen molar-refractivity contribution in [2.45, 2.75) is 12.8 Å². The fourth-order valence-corrected chi connectivity index (χ4v) is 2.17. The van der Waals surface area contributed by atoms with E-state index >= 15 is 0 Å². The molecular weight excluding hydrogens is 234 g/mol. The summed E-state index contributed by atoms with van der Waals surface area (Å²) < 4.78 is 5.25. The predicted molar refractivity (Wildman–Crippen MR) is 65.2 cm³/mol. The summed E-state index contributed by atoms with van der Waals surface area (Å²) >= 11 is 0. The summed E-state index contributed by atoms with van der Waals surface area (Å²) in [5.41, 5.74) is 0. The Hall–Kier alpha value is -1.69. The molecule has 0 amide bonds. The Labute approximate surface area is 105 Å². The zero-order valence-electron chi connectivity index (χ0n) is 10.1. The Morgan fingerprint density at radius 3 is 2.72 bits per heavy atom. The van der Waals surface area contributed by atoms with Gasteiger partial charge in [0.2, 0.25) is 5.95 Å². The third-order valence-corrected chi connectivity index (χ3v) is 3.20. The van der Waals surface area contributed by atoms with Gasteiger partial charge in [-0.05, 0) is 24.8 Å². The first-order valence-corrected chi connectivity index (χ1v) is 6.09. The molecular formula is C12H17N3O3. The molecule has 1 aliphatic rings. The van der Waals surface area contributed by atoms with Crippen molar-refractivity contribution >= 4 is 11.9 Å². The van der Waals surface area contributed by atoms with Gasteiger partial charge in [-0.3, -0.25) is 4.79 Å². The van der Waals surface area contributed by atoms with Gasteiger partial charge in [-0.1, -0.05) is 0 Å². The number of carbonyl (C=O) groups is 1. The molecule has 0 aromatic carbocycles. The van der Waals surface area contributed by atoms with Gasteiger partial charge >= 0.3 is 5.97 Å². The molecule has 98 valence electrons. The smallest absolute Gasteiger partial charge is 0.308 e. The van der Waals surface area contributed by atoms with Crippen LogP contribution >= 0.6 is 0 Å². The molecule has 1 aromatic rings. The summed E-state index contributed by atoms with van der Waals surface area (Å²) in [6.45, 7) is 1.65. The molecule has 1 saturated heterocycles. The first-order chi connectivity index (χ1) is 8.77. The number of ether oxygens (including phenoxy) is 1. The Morgan fingerprint density at radius 1 is 1.44 bits per heavy atom. The van der Waals surface area contributed by atoms with Gasteiger partial charge in [0.1, 0.15) is 0 Å². The third kappa shape index (κ3) is 3.40. The summed E-state index contributed by atoms with van der Waals surface area (Å²) in [5.74, 6) is -0.564. The number of nitrogens with zero attached hydrogens (tertiary/aromatic N) is 2. The number of aromatic nitrogens is 2. The van der Waals surface area contributed by atoms with Crippen molar-refractivity contribution in [2.75, 3.05) is 25.1 Å². The maximum atomic E-state index is 11.3. The highest BCUT2D eigenvalue weighted by Gasteiger charge is 2.29. The lowest BCUT2D eigenvalue weighted by atomic mass is 9.86. The van der Waals surface area contributed by atoms with E-state index < -0.39 is 11.9 Å². The molecule has 6 nitrogen and oxygen atoms in total. The highest BCUT2D eigenvalue weighted by Crippen LogP contribution is 2.24. The van der Waals surface area contributed by atoms with E-state index in [1.54, 1.807) is 18.5 Å². The molecule has 1 fully saturated rings.